The third-order valence-electron chi connectivity index (χ3n) is 19.4. The lowest BCUT2D eigenvalue weighted by molar-refractivity contribution is -0.235. The average molecular weight is 905 g/mol. The van der Waals surface area contributed by atoms with E-state index < -0.39 is 16.5 Å². The summed E-state index contributed by atoms with van der Waals surface area (Å²) in [4.78, 5) is 69.4. The Morgan fingerprint density at radius 2 is 1.42 bits per heavy atom. The van der Waals surface area contributed by atoms with Gasteiger partial charge in [0.15, 0.2) is 5.78 Å². The van der Waals surface area contributed by atoms with E-state index in [-0.39, 0.29) is 94.0 Å². The predicted molar refractivity (Wildman–Crippen MR) is 254 cm³/mol. The van der Waals surface area contributed by atoms with E-state index in [9.17, 15) is 24.0 Å². The van der Waals surface area contributed by atoms with Crippen molar-refractivity contribution >= 4 is 29.5 Å². The van der Waals surface area contributed by atoms with Gasteiger partial charge in [-0.2, -0.15) is 0 Å². The lowest BCUT2D eigenvalue weighted by Crippen LogP contribution is -2.68. The maximum absolute atomic E-state index is 14.5. The molecule has 0 aliphatic heterocycles. The number of benzene rings is 2. The van der Waals surface area contributed by atoms with Crippen molar-refractivity contribution < 1.29 is 38.2 Å². The fourth-order valence-electron chi connectivity index (χ4n) is 15.2. The van der Waals surface area contributed by atoms with Crippen LogP contribution < -0.4 is 15.4 Å². The molecule has 66 heavy (non-hydrogen) atoms. The van der Waals surface area contributed by atoms with Crippen LogP contribution in [-0.4, -0.2) is 53.8 Å². The van der Waals surface area contributed by atoms with Gasteiger partial charge in [0.2, 0.25) is 5.91 Å². The van der Waals surface area contributed by atoms with Crippen LogP contribution in [0.2, 0.25) is 0 Å². The van der Waals surface area contributed by atoms with Crippen LogP contribution in [0.5, 0.6) is 5.75 Å². The molecule has 2 aromatic rings. The monoisotopic (exact) mass is 905 g/mol. The molecule has 2 amide bonds. The minimum atomic E-state index is -1.25. The summed E-state index contributed by atoms with van der Waals surface area (Å²) in [6.07, 6.45) is 7.83. The van der Waals surface area contributed by atoms with Gasteiger partial charge < -0.3 is 24.8 Å². The Bertz CT molecular complexity index is 2300. The number of rotatable bonds is 11. The topological polar surface area (TPSA) is 137 Å². The molecule has 8 rings (SSSR count). The molecule has 0 bridgehead atoms. The van der Waals surface area contributed by atoms with Crippen LogP contribution in [0.25, 0.3) is 0 Å². The van der Waals surface area contributed by atoms with E-state index in [1.165, 1.54) is 0 Å². The maximum atomic E-state index is 14.5. The fraction of sp³-hybridized carbons (Fsp3) is 0.661. The molecule has 10 heteroatoms. The molecule has 0 saturated heterocycles. The number of carbonyl (C=O) groups is 5. The van der Waals surface area contributed by atoms with Gasteiger partial charge in [-0.3, -0.25) is 24.0 Å². The van der Waals surface area contributed by atoms with Gasteiger partial charge in [-0.05, 0) is 158 Å². The molecular formula is C56H76N2O8. The van der Waals surface area contributed by atoms with Crippen LogP contribution in [-0.2, 0) is 35.3 Å². The Balaban J connectivity index is 0.976. The lowest BCUT2D eigenvalue weighted by Gasteiger charge is -2.72. The van der Waals surface area contributed by atoms with Gasteiger partial charge in [-0.1, -0.05) is 92.6 Å². The summed E-state index contributed by atoms with van der Waals surface area (Å²) in [6.45, 7) is 24.1. The summed E-state index contributed by atoms with van der Waals surface area (Å²) in [6, 6.07) is 16.5. The number of amides is 2. The summed E-state index contributed by atoms with van der Waals surface area (Å²) in [5.74, 6) is -0.110. The zero-order valence-electron chi connectivity index (χ0n) is 41.8. The van der Waals surface area contributed by atoms with Crippen LogP contribution in [0.4, 0.5) is 0 Å². The number of ketones is 1. The van der Waals surface area contributed by atoms with Crippen LogP contribution in [0, 0.1) is 62.6 Å². The van der Waals surface area contributed by atoms with E-state index in [0.29, 0.717) is 36.0 Å². The number of ether oxygens (including phenoxy) is 3. The molecule has 10 atom stereocenters. The van der Waals surface area contributed by atoms with Crippen LogP contribution in [0.3, 0.4) is 0 Å². The van der Waals surface area contributed by atoms with Gasteiger partial charge in [0.05, 0.1) is 24.5 Å². The Labute approximate surface area is 393 Å². The van der Waals surface area contributed by atoms with Crippen molar-refractivity contribution in [2.75, 3.05) is 7.11 Å². The van der Waals surface area contributed by atoms with Crippen molar-refractivity contribution in [2.24, 2.45) is 62.6 Å². The van der Waals surface area contributed by atoms with Crippen LogP contribution in [0.1, 0.15) is 156 Å². The van der Waals surface area contributed by atoms with E-state index in [0.717, 1.165) is 61.7 Å². The molecule has 0 heterocycles. The second kappa shape index (κ2) is 16.6. The minimum Gasteiger partial charge on any atom is -0.497 e. The summed E-state index contributed by atoms with van der Waals surface area (Å²) in [5.41, 5.74) is 0.437. The number of nitrogens with one attached hydrogen (secondary N) is 2. The molecule has 5 saturated carbocycles. The predicted octanol–water partition coefficient (Wildman–Crippen LogP) is 10.4. The number of hydrogen-bond donors (Lipinski definition) is 2. The van der Waals surface area contributed by atoms with E-state index >= 15 is 0 Å². The minimum absolute atomic E-state index is 0.0128. The Kier molecular flexibility index (Phi) is 12.1. The van der Waals surface area contributed by atoms with Gasteiger partial charge >= 0.3 is 11.9 Å². The highest BCUT2D eigenvalue weighted by atomic mass is 16.5. The van der Waals surface area contributed by atoms with E-state index in [2.05, 4.69) is 59.1 Å². The molecule has 0 unspecified atom stereocenters. The summed E-state index contributed by atoms with van der Waals surface area (Å²) in [5, 5.41) is 6.44. The summed E-state index contributed by atoms with van der Waals surface area (Å²) < 4.78 is 17.5. The van der Waals surface area contributed by atoms with Gasteiger partial charge in [0.1, 0.15) is 24.0 Å². The number of hydrogen-bond acceptors (Lipinski definition) is 8. The van der Waals surface area contributed by atoms with Crippen molar-refractivity contribution in [3.8, 4) is 5.75 Å². The van der Waals surface area contributed by atoms with Crippen molar-refractivity contribution in [1.29, 1.82) is 0 Å². The van der Waals surface area contributed by atoms with Gasteiger partial charge in [-0.15, -0.1) is 0 Å². The van der Waals surface area contributed by atoms with Crippen molar-refractivity contribution in [2.45, 2.75) is 164 Å². The fourth-order valence-corrected chi connectivity index (χ4v) is 15.2. The van der Waals surface area contributed by atoms with E-state index in [1.807, 2.05) is 44.2 Å². The van der Waals surface area contributed by atoms with E-state index in [1.54, 1.807) is 45.2 Å². The summed E-state index contributed by atoms with van der Waals surface area (Å²) >= 11 is 0. The first kappa shape index (κ1) is 48.0. The molecule has 2 aromatic carbocycles. The molecular weight excluding hydrogens is 829 g/mol. The number of fused-ring (bicyclic) bond motifs is 7. The molecule has 0 spiro atoms. The number of methoxy groups -OCH3 is 1. The molecule has 5 fully saturated rings. The zero-order valence-corrected chi connectivity index (χ0v) is 41.8. The molecule has 6 aliphatic rings. The molecule has 358 valence electrons. The standard InChI is InChI=1S/C56H76N2O8/c1-33(2)44-40(59)31-56(58-49(63)52(7,8)57-46(60)35-18-20-36(64-12)21-19-35)29-28-54(10)37(45(44)56)22-23-42-53(9)26-25-43(51(5,6)41(53)24-27-55(42,54)11)66-48(62)39-30-38(50(39,3)4)47(61)65-32-34-16-14-13-15-17-34/h13-21,33,37-39,41-43H,22-32H2,1-12H3,(H,57,60)(H,58,63)/t37-,38+,39-,41+,42-,43+,53+,54-,55-,56-/m1/s1. The van der Waals surface area contributed by atoms with Gasteiger partial charge in [0.25, 0.3) is 5.91 Å². The normalized spacial score (nSPS) is 35.3. The van der Waals surface area contributed by atoms with Gasteiger partial charge in [0, 0.05) is 17.4 Å². The quantitative estimate of drug-likeness (QED) is 0.213. The number of carbonyl (C=O) groups excluding carboxylic acids is 5. The average Bonchev–Trinajstić information content (AvgIpc) is 3.55. The highest BCUT2D eigenvalue weighted by molar-refractivity contribution is 6.03. The highest BCUT2D eigenvalue weighted by Gasteiger charge is 2.71. The molecule has 6 aliphatic carbocycles. The van der Waals surface area contributed by atoms with Crippen molar-refractivity contribution in [3.63, 3.8) is 0 Å². The van der Waals surface area contributed by atoms with Crippen molar-refractivity contribution in [1.82, 2.24) is 10.6 Å². The van der Waals surface area contributed by atoms with Crippen LogP contribution in [0.15, 0.2) is 65.7 Å². The Hall–Kier alpha value is -4.47. The molecule has 0 radical (unpaired) electrons. The Morgan fingerprint density at radius 1 is 0.758 bits per heavy atom. The second-order valence-electron chi connectivity index (χ2n) is 24.1. The first-order chi connectivity index (χ1) is 30.9. The zero-order chi connectivity index (χ0) is 48.0. The molecule has 10 nitrogen and oxygen atoms in total. The van der Waals surface area contributed by atoms with Gasteiger partial charge in [-0.25, -0.2) is 0 Å². The number of Topliss-reactive ketones (excluding diaryl/α,β-unsaturated/α-hetero) is 1. The van der Waals surface area contributed by atoms with Crippen molar-refractivity contribution in [3.05, 3.63) is 76.9 Å². The maximum Gasteiger partial charge on any atom is 0.309 e. The Morgan fingerprint density at radius 3 is 2.06 bits per heavy atom. The van der Waals surface area contributed by atoms with Crippen LogP contribution >= 0.6 is 0 Å². The number of esters is 2. The molecule has 0 aromatic heterocycles. The highest BCUT2D eigenvalue weighted by Crippen LogP contribution is 2.76. The lowest BCUT2D eigenvalue weighted by atomic mass is 9.33. The molecule has 2 N–H and O–H groups in total. The SMILES string of the molecule is COc1ccc(C(=O)NC(C)(C)C(=O)N[C@@]23CC[C@]4(C)[C@H](CC[C@@H]5[C@@]6(C)CC[C@H](OC(=O)[C@H]7C[C@@H](C(=O)OCc8ccccc8)C7(C)C)C(C)(C)[C@@H]6CC[C@]54C)C2=C(C(C)C)C(=O)C3)cc1. The third-order valence-corrected chi connectivity index (χ3v) is 19.4. The third kappa shape index (κ3) is 7.53. The second-order valence-corrected chi connectivity index (χ2v) is 24.1. The first-order valence-corrected chi connectivity index (χ1v) is 24.8. The van der Waals surface area contributed by atoms with E-state index in [4.69, 9.17) is 14.2 Å². The number of allylic oxidation sites excluding steroid dienone is 1. The first-order valence-electron chi connectivity index (χ1n) is 24.8. The smallest absolute Gasteiger partial charge is 0.309 e. The largest absolute Gasteiger partial charge is 0.497 e. The summed E-state index contributed by atoms with van der Waals surface area (Å²) in [7, 11) is 1.57.